The summed E-state index contributed by atoms with van der Waals surface area (Å²) in [5.74, 6) is -1.86. The molecule has 0 bridgehead atoms. The van der Waals surface area contributed by atoms with Crippen molar-refractivity contribution < 1.29 is 23.9 Å². The minimum Gasteiger partial charge on any atom is -0.482 e. The van der Waals surface area contributed by atoms with Gasteiger partial charge < -0.3 is 10.1 Å². The molecule has 1 saturated heterocycles. The summed E-state index contributed by atoms with van der Waals surface area (Å²) in [7, 11) is 0. The van der Waals surface area contributed by atoms with E-state index in [2.05, 4.69) is 10.6 Å². The zero-order valence-corrected chi connectivity index (χ0v) is 22.4. The number of benzene rings is 3. The molecule has 0 aliphatic carbocycles. The monoisotopic (exact) mass is 571 g/mol. The van der Waals surface area contributed by atoms with Crippen molar-refractivity contribution in [2.24, 2.45) is 0 Å². The van der Waals surface area contributed by atoms with E-state index in [0.717, 1.165) is 10.5 Å². The van der Waals surface area contributed by atoms with Crippen LogP contribution in [-0.2, 0) is 14.4 Å². The molecule has 11 heteroatoms. The van der Waals surface area contributed by atoms with Crippen LogP contribution in [0.3, 0.4) is 0 Å². The number of imide groups is 2. The summed E-state index contributed by atoms with van der Waals surface area (Å²) in [4.78, 5) is 51.2. The van der Waals surface area contributed by atoms with Crippen LogP contribution in [-0.4, -0.2) is 30.4 Å². The fraction of sp³-hybridized carbons (Fsp3) is 0.111. The molecule has 0 spiro atoms. The highest BCUT2D eigenvalue weighted by Crippen LogP contribution is 2.31. The first kappa shape index (κ1) is 27.2. The molecule has 38 heavy (non-hydrogen) atoms. The van der Waals surface area contributed by atoms with Gasteiger partial charge in [0.2, 0.25) is 0 Å². The Morgan fingerprint density at radius 2 is 1.74 bits per heavy atom. The minimum absolute atomic E-state index is 0.146. The molecule has 1 aliphatic rings. The molecular weight excluding hydrogens is 553 g/mol. The quantitative estimate of drug-likeness (QED) is 0.281. The molecule has 1 fully saturated rings. The van der Waals surface area contributed by atoms with Gasteiger partial charge in [-0.15, -0.1) is 0 Å². The van der Waals surface area contributed by atoms with Crippen molar-refractivity contribution in [3.8, 4) is 5.75 Å². The molecule has 8 nitrogen and oxygen atoms in total. The molecule has 0 atom stereocenters. The first-order valence-electron chi connectivity index (χ1n) is 11.2. The molecule has 4 rings (SSSR count). The van der Waals surface area contributed by atoms with Gasteiger partial charge in [-0.2, -0.15) is 0 Å². The molecule has 0 aromatic heterocycles. The predicted molar refractivity (Wildman–Crippen MR) is 147 cm³/mol. The first-order chi connectivity index (χ1) is 18.0. The van der Waals surface area contributed by atoms with E-state index in [9.17, 15) is 19.2 Å². The first-order valence-corrected chi connectivity index (χ1v) is 12.3. The fourth-order valence-corrected chi connectivity index (χ4v) is 4.21. The van der Waals surface area contributed by atoms with E-state index in [0.29, 0.717) is 26.9 Å². The summed E-state index contributed by atoms with van der Waals surface area (Å²) in [5.41, 5.74) is 2.30. The second kappa shape index (κ2) is 11.3. The molecule has 2 N–H and O–H groups in total. The Balaban J connectivity index is 1.49. The van der Waals surface area contributed by atoms with Gasteiger partial charge in [0.1, 0.15) is 11.3 Å². The fourth-order valence-electron chi connectivity index (χ4n) is 3.62. The molecule has 1 aliphatic heterocycles. The van der Waals surface area contributed by atoms with E-state index in [1.165, 1.54) is 18.2 Å². The molecule has 3 aromatic carbocycles. The maximum absolute atomic E-state index is 13.2. The maximum Gasteiger partial charge on any atom is 0.335 e. The van der Waals surface area contributed by atoms with Crippen LogP contribution in [0.1, 0.15) is 16.7 Å². The number of aryl methyl sites for hydroxylation is 1. The minimum atomic E-state index is -0.879. The summed E-state index contributed by atoms with van der Waals surface area (Å²) in [6, 6.07) is 13.6. The normalized spacial score (nSPS) is 14.5. The number of barbiturate groups is 1. The second-order valence-corrected chi connectivity index (χ2v) is 9.55. The number of hydrogen-bond donors (Lipinski definition) is 2. The number of amides is 5. The molecular formula is C27H20Cl3N3O5. The molecule has 1 heterocycles. The molecule has 5 amide bonds. The number of nitrogens with zero attached hydrogens (tertiary/aromatic N) is 1. The van der Waals surface area contributed by atoms with Crippen molar-refractivity contribution in [3.05, 3.63) is 91.9 Å². The lowest BCUT2D eigenvalue weighted by molar-refractivity contribution is -0.122. The van der Waals surface area contributed by atoms with Gasteiger partial charge in [0.15, 0.2) is 6.61 Å². The van der Waals surface area contributed by atoms with Crippen molar-refractivity contribution in [3.63, 3.8) is 0 Å². The van der Waals surface area contributed by atoms with Crippen LogP contribution >= 0.6 is 34.8 Å². The third-order valence-corrected chi connectivity index (χ3v) is 6.78. The number of hydrogen-bond acceptors (Lipinski definition) is 5. The van der Waals surface area contributed by atoms with Crippen LogP contribution in [0.2, 0.25) is 15.1 Å². The summed E-state index contributed by atoms with van der Waals surface area (Å²) >= 11 is 18.5. The molecule has 194 valence electrons. The average Bonchev–Trinajstić information content (AvgIpc) is 2.86. The molecule has 0 unspecified atom stereocenters. The smallest absolute Gasteiger partial charge is 0.335 e. The Morgan fingerprint density at radius 1 is 0.974 bits per heavy atom. The number of rotatable bonds is 6. The van der Waals surface area contributed by atoms with Crippen molar-refractivity contribution >= 4 is 76.0 Å². The van der Waals surface area contributed by atoms with Gasteiger partial charge in [0, 0.05) is 15.7 Å². The van der Waals surface area contributed by atoms with Gasteiger partial charge >= 0.3 is 6.03 Å². The zero-order chi connectivity index (χ0) is 27.6. The van der Waals surface area contributed by atoms with E-state index in [-0.39, 0.29) is 28.6 Å². The summed E-state index contributed by atoms with van der Waals surface area (Å²) in [6.07, 6.45) is 1.31. The zero-order valence-electron chi connectivity index (χ0n) is 20.1. The molecule has 0 radical (unpaired) electrons. The number of nitrogens with one attached hydrogen (secondary N) is 2. The third-order valence-electron chi connectivity index (χ3n) is 5.66. The Hall–Kier alpha value is -3.85. The topological polar surface area (TPSA) is 105 Å². The highest BCUT2D eigenvalue weighted by molar-refractivity contribution is 6.40. The lowest BCUT2D eigenvalue weighted by Crippen LogP contribution is -2.54. The van der Waals surface area contributed by atoms with Gasteiger partial charge in [0.05, 0.1) is 10.7 Å². The number of halogens is 3. The Morgan fingerprint density at radius 3 is 2.45 bits per heavy atom. The van der Waals surface area contributed by atoms with Gasteiger partial charge in [0.25, 0.3) is 17.7 Å². The largest absolute Gasteiger partial charge is 0.482 e. The van der Waals surface area contributed by atoms with Crippen LogP contribution in [0, 0.1) is 13.8 Å². The van der Waals surface area contributed by atoms with Gasteiger partial charge in [-0.3, -0.25) is 19.7 Å². The summed E-state index contributed by atoms with van der Waals surface area (Å²) < 4.78 is 5.52. The van der Waals surface area contributed by atoms with Crippen LogP contribution in [0.5, 0.6) is 5.75 Å². The molecule has 0 saturated carbocycles. The van der Waals surface area contributed by atoms with Crippen molar-refractivity contribution in [2.75, 3.05) is 16.8 Å². The van der Waals surface area contributed by atoms with Gasteiger partial charge in [-0.1, -0.05) is 53.0 Å². The Bertz CT molecular complexity index is 1520. The van der Waals surface area contributed by atoms with Crippen molar-refractivity contribution in [1.29, 1.82) is 0 Å². The van der Waals surface area contributed by atoms with Crippen molar-refractivity contribution in [1.82, 2.24) is 5.32 Å². The van der Waals surface area contributed by atoms with Crippen LogP contribution in [0.15, 0.2) is 60.2 Å². The number of carbonyl (C=O) groups excluding carboxylic acids is 4. The van der Waals surface area contributed by atoms with Gasteiger partial charge in [-0.25, -0.2) is 9.69 Å². The standard InChI is InChI=1S/C27H20Cl3N3O5/c1-14-6-8-17(12-20(14)29)31-24(34)13-38-23-9-7-16(11-21(23)30)10-18-25(35)32-27(37)33(26(18)36)22-5-3-4-19(28)15(22)2/h3-12H,13H2,1-2H3,(H,31,34)(H,32,35,37)/b18-10-. The van der Waals surface area contributed by atoms with E-state index >= 15 is 0 Å². The average molecular weight is 573 g/mol. The second-order valence-electron chi connectivity index (χ2n) is 8.33. The number of ether oxygens (including phenoxy) is 1. The maximum atomic E-state index is 13.2. The van der Waals surface area contributed by atoms with E-state index in [1.807, 2.05) is 6.92 Å². The summed E-state index contributed by atoms with van der Waals surface area (Å²) in [6.45, 7) is 3.19. The number of urea groups is 1. The lowest BCUT2D eigenvalue weighted by atomic mass is 10.1. The number of carbonyl (C=O) groups is 4. The van der Waals surface area contributed by atoms with E-state index < -0.39 is 23.8 Å². The number of anilines is 2. The highest BCUT2D eigenvalue weighted by atomic mass is 35.5. The van der Waals surface area contributed by atoms with E-state index in [4.69, 9.17) is 39.5 Å². The van der Waals surface area contributed by atoms with Crippen molar-refractivity contribution in [2.45, 2.75) is 13.8 Å². The Kier molecular flexibility index (Phi) is 8.06. The lowest BCUT2D eigenvalue weighted by Gasteiger charge is -2.27. The highest BCUT2D eigenvalue weighted by Gasteiger charge is 2.37. The predicted octanol–water partition coefficient (Wildman–Crippen LogP) is 5.95. The van der Waals surface area contributed by atoms with Crippen LogP contribution in [0.25, 0.3) is 6.08 Å². The van der Waals surface area contributed by atoms with Crippen LogP contribution < -0.4 is 20.3 Å². The van der Waals surface area contributed by atoms with Gasteiger partial charge in [-0.05, 0) is 73.0 Å². The van der Waals surface area contributed by atoms with E-state index in [1.54, 1.807) is 49.4 Å². The van der Waals surface area contributed by atoms with Crippen LogP contribution in [0.4, 0.5) is 16.2 Å². The molecule has 3 aromatic rings. The SMILES string of the molecule is Cc1ccc(NC(=O)COc2ccc(/C=C3/C(=O)NC(=O)N(c4cccc(Cl)c4C)C3=O)cc2Cl)cc1Cl. The Labute approximate surface area is 233 Å². The summed E-state index contributed by atoms with van der Waals surface area (Å²) in [5, 5.41) is 5.88. The third kappa shape index (κ3) is 5.83.